The zero-order valence-electron chi connectivity index (χ0n) is 20.8. The quantitative estimate of drug-likeness (QED) is 0.596. The first-order chi connectivity index (χ1) is 17.2. The summed E-state index contributed by atoms with van der Waals surface area (Å²) in [6.45, 7) is 5.95. The number of Topliss-reactive ketones (excluding diaryl/α,β-unsaturated/α-hetero) is 1. The molecule has 0 unspecified atom stereocenters. The van der Waals surface area contributed by atoms with E-state index in [1.54, 1.807) is 13.2 Å². The fraction of sp³-hybridized carbons (Fsp3) is 0.300. The van der Waals surface area contributed by atoms with Gasteiger partial charge in [0.2, 0.25) is 0 Å². The molecule has 2 amide bonds. The summed E-state index contributed by atoms with van der Waals surface area (Å²) in [6, 6.07) is 21.9. The number of nitrogens with one attached hydrogen (secondary N) is 1. The molecule has 6 heteroatoms. The number of methoxy groups -OCH3 is 1. The minimum absolute atomic E-state index is 0.00295. The number of ketones is 1. The molecule has 3 aromatic carbocycles. The summed E-state index contributed by atoms with van der Waals surface area (Å²) in [4.78, 5) is 43.9. The van der Waals surface area contributed by atoms with Crippen molar-refractivity contribution in [1.82, 2.24) is 10.2 Å². The van der Waals surface area contributed by atoms with Crippen LogP contribution in [0.15, 0.2) is 72.8 Å². The predicted octanol–water partition coefficient (Wildman–Crippen LogP) is 4.22. The third-order valence-electron chi connectivity index (χ3n) is 8.12. The standard InChI is InChI=1S/C30H28N2O4/c1-28(2,3)32-25-17-24(33)20-9-5-7-11-22(20)29(25)23-12-8-6-10-21(23)26(34)31-30(29,27(32)35)18-13-15-19(36-4)16-14-18/h5-16,25H,17H2,1-4H3,(H,31,34)/t25-,29-,30+/m0/s1. The number of fused-ring (bicyclic) bond motifs is 2. The molecule has 36 heavy (non-hydrogen) atoms. The van der Waals surface area contributed by atoms with E-state index in [1.165, 1.54) is 0 Å². The third kappa shape index (κ3) is 2.54. The van der Waals surface area contributed by atoms with Crippen molar-refractivity contribution in [3.05, 3.63) is 101 Å². The predicted molar refractivity (Wildman–Crippen MR) is 135 cm³/mol. The van der Waals surface area contributed by atoms with Gasteiger partial charge in [-0.3, -0.25) is 14.4 Å². The van der Waals surface area contributed by atoms with Crippen LogP contribution in [0.5, 0.6) is 5.75 Å². The van der Waals surface area contributed by atoms with Gasteiger partial charge in [0.05, 0.1) is 18.6 Å². The van der Waals surface area contributed by atoms with E-state index in [1.807, 2.05) is 92.4 Å². The molecule has 1 aliphatic carbocycles. The molecule has 1 N–H and O–H groups in total. The Kier molecular flexibility index (Phi) is 4.56. The van der Waals surface area contributed by atoms with Crippen LogP contribution < -0.4 is 10.1 Å². The fourth-order valence-corrected chi connectivity index (χ4v) is 6.89. The van der Waals surface area contributed by atoms with Crippen LogP contribution in [0.1, 0.15) is 64.6 Å². The summed E-state index contributed by atoms with van der Waals surface area (Å²) in [5.74, 6) is 0.144. The van der Waals surface area contributed by atoms with Crippen molar-refractivity contribution in [2.24, 2.45) is 0 Å². The maximum atomic E-state index is 14.9. The van der Waals surface area contributed by atoms with Gasteiger partial charge in [0.15, 0.2) is 11.3 Å². The topological polar surface area (TPSA) is 75.7 Å². The van der Waals surface area contributed by atoms with Gasteiger partial charge in [0.25, 0.3) is 11.8 Å². The van der Waals surface area contributed by atoms with Gasteiger partial charge in [-0.25, -0.2) is 0 Å². The number of rotatable bonds is 2. The number of likely N-dealkylation sites (tertiary alicyclic amines) is 1. The smallest absolute Gasteiger partial charge is 0.255 e. The second-order valence-electron chi connectivity index (χ2n) is 10.8. The Morgan fingerprint density at radius 2 is 1.44 bits per heavy atom. The average molecular weight is 481 g/mol. The lowest BCUT2D eigenvalue weighted by Crippen LogP contribution is -2.67. The van der Waals surface area contributed by atoms with E-state index in [2.05, 4.69) is 5.32 Å². The van der Waals surface area contributed by atoms with Crippen molar-refractivity contribution in [3.8, 4) is 5.75 Å². The van der Waals surface area contributed by atoms with Crippen LogP contribution >= 0.6 is 0 Å². The van der Waals surface area contributed by atoms with Gasteiger partial charge in [-0.15, -0.1) is 0 Å². The number of benzene rings is 3. The zero-order chi connectivity index (χ0) is 25.5. The number of hydrogen-bond acceptors (Lipinski definition) is 4. The van der Waals surface area contributed by atoms with Gasteiger partial charge in [-0.2, -0.15) is 0 Å². The number of amides is 2. The van der Waals surface area contributed by atoms with E-state index in [9.17, 15) is 14.4 Å². The second kappa shape index (κ2) is 7.29. The summed E-state index contributed by atoms with van der Waals surface area (Å²) >= 11 is 0. The summed E-state index contributed by atoms with van der Waals surface area (Å²) in [5.41, 5.74) is 0.278. The molecule has 0 aromatic heterocycles. The van der Waals surface area contributed by atoms with E-state index in [0.29, 0.717) is 22.4 Å². The van der Waals surface area contributed by atoms with Crippen LogP contribution in [-0.2, 0) is 15.7 Å². The Bertz CT molecular complexity index is 1400. The minimum Gasteiger partial charge on any atom is -0.497 e. The molecule has 1 fully saturated rings. The molecular formula is C30H28N2O4. The Morgan fingerprint density at radius 1 is 0.861 bits per heavy atom. The summed E-state index contributed by atoms with van der Waals surface area (Å²) in [7, 11) is 1.59. The number of ether oxygens (including phenoxy) is 1. The van der Waals surface area contributed by atoms with Gasteiger partial charge in [-0.05, 0) is 55.7 Å². The molecule has 1 spiro atoms. The van der Waals surface area contributed by atoms with E-state index in [0.717, 1.165) is 11.1 Å². The molecule has 0 saturated carbocycles. The normalized spacial score (nSPS) is 26.5. The largest absolute Gasteiger partial charge is 0.497 e. The number of hydrogen-bond donors (Lipinski definition) is 1. The molecule has 6 nitrogen and oxygen atoms in total. The number of carbonyl (C=O) groups is 3. The fourth-order valence-electron chi connectivity index (χ4n) is 6.89. The van der Waals surface area contributed by atoms with Gasteiger partial charge >= 0.3 is 0 Å². The first-order valence-corrected chi connectivity index (χ1v) is 12.2. The molecule has 1 saturated heterocycles. The van der Waals surface area contributed by atoms with Gasteiger partial charge in [0, 0.05) is 23.1 Å². The third-order valence-corrected chi connectivity index (χ3v) is 8.12. The molecule has 3 aliphatic rings. The van der Waals surface area contributed by atoms with Crippen molar-refractivity contribution in [3.63, 3.8) is 0 Å². The lowest BCUT2D eigenvalue weighted by Gasteiger charge is -2.53. The minimum atomic E-state index is -1.44. The highest BCUT2D eigenvalue weighted by Crippen LogP contribution is 2.63. The first-order valence-electron chi connectivity index (χ1n) is 12.2. The molecule has 2 aliphatic heterocycles. The van der Waals surface area contributed by atoms with Gasteiger partial charge in [0.1, 0.15) is 5.75 Å². The van der Waals surface area contributed by atoms with Crippen molar-refractivity contribution in [1.29, 1.82) is 0 Å². The van der Waals surface area contributed by atoms with Gasteiger partial charge in [-0.1, -0.05) is 54.6 Å². The Labute approximate surface area is 210 Å². The molecule has 3 aromatic rings. The lowest BCUT2D eigenvalue weighted by molar-refractivity contribution is -0.138. The van der Waals surface area contributed by atoms with Crippen LogP contribution in [-0.4, -0.2) is 41.2 Å². The zero-order valence-corrected chi connectivity index (χ0v) is 20.8. The molecule has 6 rings (SSSR count). The van der Waals surface area contributed by atoms with Crippen LogP contribution in [0.2, 0.25) is 0 Å². The van der Waals surface area contributed by atoms with Crippen LogP contribution in [0.25, 0.3) is 0 Å². The summed E-state index contributed by atoms with van der Waals surface area (Å²) < 4.78 is 5.39. The van der Waals surface area contributed by atoms with Crippen molar-refractivity contribution >= 4 is 17.6 Å². The maximum Gasteiger partial charge on any atom is 0.255 e. The van der Waals surface area contributed by atoms with Crippen LogP contribution in [0, 0.1) is 0 Å². The van der Waals surface area contributed by atoms with Gasteiger partial charge < -0.3 is 15.0 Å². The summed E-state index contributed by atoms with van der Waals surface area (Å²) in [5, 5.41) is 3.22. The van der Waals surface area contributed by atoms with Crippen LogP contribution in [0.3, 0.4) is 0 Å². The highest BCUT2D eigenvalue weighted by atomic mass is 16.5. The molecule has 3 atom stereocenters. The van der Waals surface area contributed by atoms with E-state index in [4.69, 9.17) is 4.74 Å². The maximum absolute atomic E-state index is 14.9. The molecule has 182 valence electrons. The molecular weight excluding hydrogens is 452 g/mol. The van der Waals surface area contributed by atoms with E-state index in [-0.39, 0.29) is 24.0 Å². The second-order valence-corrected chi connectivity index (χ2v) is 10.8. The Hall–Kier alpha value is -3.93. The monoisotopic (exact) mass is 480 g/mol. The Morgan fingerprint density at radius 3 is 2.06 bits per heavy atom. The SMILES string of the molecule is COc1ccc([C@]23NC(=O)c4ccccc4[C@]24c2ccccc2C(=O)C[C@@H]4N(C(C)(C)C)C3=O)cc1. The highest BCUT2D eigenvalue weighted by molar-refractivity contribution is 6.11. The molecule has 2 heterocycles. The number of carbonyl (C=O) groups excluding carboxylic acids is 3. The van der Waals surface area contributed by atoms with Crippen LogP contribution in [0.4, 0.5) is 0 Å². The molecule has 0 radical (unpaired) electrons. The van der Waals surface area contributed by atoms with E-state index >= 15 is 0 Å². The van der Waals surface area contributed by atoms with E-state index < -0.39 is 22.5 Å². The first kappa shape index (κ1) is 22.5. The summed E-state index contributed by atoms with van der Waals surface area (Å²) in [6.07, 6.45) is 0.169. The lowest BCUT2D eigenvalue weighted by atomic mass is 9.51. The highest BCUT2D eigenvalue weighted by Gasteiger charge is 2.76. The van der Waals surface area contributed by atoms with Crippen molar-refractivity contribution < 1.29 is 19.1 Å². The average Bonchev–Trinajstić information content (AvgIpc) is 3.10. The Balaban J connectivity index is 1.83. The number of nitrogens with zero attached hydrogens (tertiary/aromatic N) is 1. The van der Waals surface area contributed by atoms with Crippen molar-refractivity contribution in [2.45, 2.75) is 49.7 Å². The molecule has 0 bridgehead atoms. The van der Waals surface area contributed by atoms with Crippen molar-refractivity contribution in [2.75, 3.05) is 7.11 Å².